The van der Waals surface area contributed by atoms with Crippen molar-refractivity contribution in [2.24, 2.45) is 5.41 Å². The average molecular weight is 426 g/mol. The van der Waals surface area contributed by atoms with E-state index < -0.39 is 5.41 Å². The molecule has 2 aliphatic rings. The van der Waals surface area contributed by atoms with E-state index in [1.54, 1.807) is 7.11 Å². The van der Waals surface area contributed by atoms with Gasteiger partial charge in [-0.3, -0.25) is 9.59 Å². The molecular weight excluding hydrogens is 394 g/mol. The lowest BCUT2D eigenvalue weighted by Crippen LogP contribution is -2.50. The number of benzene rings is 1. The zero-order chi connectivity index (χ0) is 19.8. The number of methoxy groups -OCH3 is 1. The molecule has 2 amide bonds. The highest BCUT2D eigenvalue weighted by Crippen LogP contribution is 2.29. The Labute approximate surface area is 178 Å². The summed E-state index contributed by atoms with van der Waals surface area (Å²) < 4.78 is 10.8. The summed E-state index contributed by atoms with van der Waals surface area (Å²) in [6.45, 7) is 2.78. The molecule has 0 aromatic heterocycles. The van der Waals surface area contributed by atoms with Gasteiger partial charge in [-0.25, -0.2) is 0 Å². The largest absolute Gasteiger partial charge is 0.484 e. The van der Waals surface area contributed by atoms with Crippen LogP contribution in [-0.4, -0.2) is 57.8 Å². The van der Waals surface area contributed by atoms with Crippen LogP contribution in [0.15, 0.2) is 24.3 Å². The first-order valence-corrected chi connectivity index (χ1v) is 10.1. The highest BCUT2D eigenvalue weighted by Gasteiger charge is 2.39. The normalized spacial score (nSPS) is 17.7. The second-order valence-corrected chi connectivity index (χ2v) is 7.74. The number of nitrogens with one attached hydrogen (secondary N) is 3. The zero-order valence-corrected chi connectivity index (χ0v) is 17.8. The van der Waals surface area contributed by atoms with Gasteiger partial charge in [0.2, 0.25) is 5.91 Å². The van der Waals surface area contributed by atoms with Gasteiger partial charge in [-0.2, -0.15) is 0 Å². The van der Waals surface area contributed by atoms with E-state index >= 15 is 0 Å². The van der Waals surface area contributed by atoms with Crippen LogP contribution < -0.4 is 20.7 Å². The molecule has 1 aliphatic heterocycles. The molecule has 2 fully saturated rings. The third-order valence-corrected chi connectivity index (χ3v) is 5.40. The molecule has 1 saturated carbocycles. The van der Waals surface area contributed by atoms with Gasteiger partial charge in [-0.1, -0.05) is 12.1 Å². The SMILES string of the molecule is COCC1(C(=O)NCCc2ccc(OCC(=O)NC3CC3)cc2)CCNCC1.Cl. The molecule has 162 valence electrons. The molecular formula is C21H32ClN3O4. The van der Waals surface area contributed by atoms with Gasteiger partial charge in [0.1, 0.15) is 5.75 Å². The minimum atomic E-state index is -0.418. The topological polar surface area (TPSA) is 88.7 Å². The van der Waals surface area contributed by atoms with Crippen LogP contribution in [0, 0.1) is 5.41 Å². The van der Waals surface area contributed by atoms with Crippen LogP contribution >= 0.6 is 12.4 Å². The fourth-order valence-corrected chi connectivity index (χ4v) is 3.52. The van der Waals surface area contributed by atoms with E-state index in [4.69, 9.17) is 9.47 Å². The number of piperidine rings is 1. The Bertz CT molecular complexity index is 653. The molecule has 29 heavy (non-hydrogen) atoms. The summed E-state index contributed by atoms with van der Waals surface area (Å²) in [7, 11) is 1.65. The highest BCUT2D eigenvalue weighted by molar-refractivity contribution is 5.85. The van der Waals surface area contributed by atoms with Crippen LogP contribution in [-0.2, 0) is 20.7 Å². The summed E-state index contributed by atoms with van der Waals surface area (Å²) in [5.74, 6) is 0.683. The molecule has 0 unspecified atom stereocenters. The molecule has 3 rings (SSSR count). The van der Waals surface area contributed by atoms with E-state index in [9.17, 15) is 9.59 Å². The maximum Gasteiger partial charge on any atom is 0.258 e. The number of carbonyl (C=O) groups is 2. The second kappa shape index (κ2) is 11.4. The van der Waals surface area contributed by atoms with Crippen molar-refractivity contribution >= 4 is 24.2 Å². The molecule has 7 nitrogen and oxygen atoms in total. The van der Waals surface area contributed by atoms with Gasteiger partial charge >= 0.3 is 0 Å². The van der Waals surface area contributed by atoms with E-state index in [2.05, 4.69) is 16.0 Å². The number of halogens is 1. The first kappa shape index (κ1) is 23.4. The fourth-order valence-electron chi connectivity index (χ4n) is 3.52. The number of hydrogen-bond donors (Lipinski definition) is 3. The summed E-state index contributed by atoms with van der Waals surface area (Å²) in [6, 6.07) is 8.01. The predicted molar refractivity (Wildman–Crippen MR) is 113 cm³/mol. The monoisotopic (exact) mass is 425 g/mol. The first-order valence-electron chi connectivity index (χ1n) is 10.1. The van der Waals surface area contributed by atoms with Gasteiger partial charge in [-0.05, 0) is 62.9 Å². The van der Waals surface area contributed by atoms with Crippen LogP contribution in [0.25, 0.3) is 0 Å². The molecule has 0 bridgehead atoms. The van der Waals surface area contributed by atoms with Crippen molar-refractivity contribution in [2.45, 2.75) is 38.1 Å². The molecule has 1 saturated heterocycles. The van der Waals surface area contributed by atoms with E-state index in [-0.39, 0.29) is 30.8 Å². The van der Waals surface area contributed by atoms with Crippen LogP contribution in [0.4, 0.5) is 0 Å². The van der Waals surface area contributed by atoms with Crippen LogP contribution in [0.1, 0.15) is 31.2 Å². The van der Waals surface area contributed by atoms with Crippen molar-refractivity contribution in [2.75, 3.05) is 40.0 Å². The molecule has 1 aliphatic carbocycles. The maximum absolute atomic E-state index is 12.7. The van der Waals surface area contributed by atoms with Gasteiger partial charge in [0, 0.05) is 19.7 Å². The average Bonchev–Trinajstić information content (AvgIpc) is 3.52. The Morgan fingerprint density at radius 3 is 2.48 bits per heavy atom. The first-order chi connectivity index (χ1) is 13.6. The molecule has 0 radical (unpaired) electrons. The predicted octanol–water partition coefficient (Wildman–Crippen LogP) is 1.44. The van der Waals surface area contributed by atoms with Crippen molar-refractivity contribution in [3.05, 3.63) is 29.8 Å². The van der Waals surface area contributed by atoms with Crippen molar-refractivity contribution < 1.29 is 19.1 Å². The van der Waals surface area contributed by atoms with Gasteiger partial charge in [0.05, 0.1) is 12.0 Å². The van der Waals surface area contributed by atoms with Gasteiger partial charge in [0.25, 0.3) is 5.91 Å². The molecule has 1 aromatic carbocycles. The third-order valence-electron chi connectivity index (χ3n) is 5.40. The lowest BCUT2D eigenvalue weighted by Gasteiger charge is -2.35. The van der Waals surface area contributed by atoms with E-state index in [0.717, 1.165) is 50.8 Å². The third kappa shape index (κ3) is 7.17. The Morgan fingerprint density at radius 1 is 1.17 bits per heavy atom. The molecule has 3 N–H and O–H groups in total. The maximum atomic E-state index is 12.7. The number of amides is 2. The molecule has 0 spiro atoms. The minimum Gasteiger partial charge on any atom is -0.484 e. The lowest BCUT2D eigenvalue weighted by atomic mass is 9.78. The number of hydrogen-bond acceptors (Lipinski definition) is 5. The molecule has 8 heteroatoms. The Hall–Kier alpha value is -1.83. The summed E-state index contributed by atoms with van der Waals surface area (Å²) in [6.07, 6.45) is 4.48. The molecule has 1 aromatic rings. The van der Waals surface area contributed by atoms with Gasteiger partial charge < -0.3 is 25.4 Å². The van der Waals surface area contributed by atoms with E-state index in [1.807, 2.05) is 24.3 Å². The van der Waals surface area contributed by atoms with Crippen molar-refractivity contribution in [3.8, 4) is 5.75 Å². The van der Waals surface area contributed by atoms with Gasteiger partial charge in [0.15, 0.2) is 6.61 Å². The highest BCUT2D eigenvalue weighted by atomic mass is 35.5. The smallest absolute Gasteiger partial charge is 0.258 e. The van der Waals surface area contributed by atoms with Crippen LogP contribution in [0.2, 0.25) is 0 Å². The van der Waals surface area contributed by atoms with Crippen molar-refractivity contribution in [3.63, 3.8) is 0 Å². The van der Waals surface area contributed by atoms with Crippen molar-refractivity contribution in [1.82, 2.24) is 16.0 Å². The Morgan fingerprint density at radius 2 is 1.86 bits per heavy atom. The fraction of sp³-hybridized carbons (Fsp3) is 0.619. The molecule has 1 heterocycles. The van der Waals surface area contributed by atoms with E-state index in [0.29, 0.717) is 24.9 Å². The minimum absolute atomic E-state index is 0. The van der Waals surface area contributed by atoms with Crippen molar-refractivity contribution in [1.29, 1.82) is 0 Å². The number of ether oxygens (including phenoxy) is 2. The van der Waals surface area contributed by atoms with Crippen LogP contribution in [0.5, 0.6) is 5.75 Å². The van der Waals surface area contributed by atoms with Gasteiger partial charge in [-0.15, -0.1) is 12.4 Å². The number of carbonyl (C=O) groups excluding carboxylic acids is 2. The van der Waals surface area contributed by atoms with E-state index in [1.165, 1.54) is 0 Å². The standard InChI is InChI=1S/C21H31N3O4.ClH/c1-27-15-21(9-12-22-13-10-21)20(26)23-11-8-16-2-6-18(7-3-16)28-14-19(25)24-17-4-5-17;/h2-3,6-7,17,22H,4-5,8-15H2,1H3,(H,23,26)(H,24,25);1H. The Kier molecular flexibility index (Phi) is 9.20. The quantitative estimate of drug-likeness (QED) is 0.528. The van der Waals surface area contributed by atoms with Crippen LogP contribution in [0.3, 0.4) is 0 Å². The summed E-state index contributed by atoms with van der Waals surface area (Å²) in [5, 5.41) is 9.27. The summed E-state index contributed by atoms with van der Waals surface area (Å²) in [5.41, 5.74) is 0.694. The molecule has 0 atom stereocenters. The summed E-state index contributed by atoms with van der Waals surface area (Å²) >= 11 is 0. The zero-order valence-electron chi connectivity index (χ0n) is 17.0. The Balaban J connectivity index is 0.00000300. The lowest BCUT2D eigenvalue weighted by molar-refractivity contribution is -0.136. The summed E-state index contributed by atoms with van der Waals surface area (Å²) in [4.78, 5) is 24.4. The number of rotatable bonds is 10. The second-order valence-electron chi connectivity index (χ2n) is 7.74.